The summed E-state index contributed by atoms with van der Waals surface area (Å²) in [7, 11) is 0. The molecule has 1 aliphatic rings. The number of nitrogens with one attached hydrogen (secondary N) is 1. The fourth-order valence-corrected chi connectivity index (χ4v) is 4.08. The van der Waals surface area contributed by atoms with Crippen LogP contribution in [0.4, 0.5) is 0 Å². The van der Waals surface area contributed by atoms with Gasteiger partial charge in [0.15, 0.2) is 0 Å². The van der Waals surface area contributed by atoms with Crippen LogP contribution in [0.3, 0.4) is 0 Å². The van der Waals surface area contributed by atoms with Gasteiger partial charge in [0.25, 0.3) is 5.56 Å². The summed E-state index contributed by atoms with van der Waals surface area (Å²) in [6, 6.07) is 12.4. The second kappa shape index (κ2) is 5.66. The summed E-state index contributed by atoms with van der Waals surface area (Å²) in [4.78, 5) is 23.5. The Morgan fingerprint density at radius 2 is 2.18 bits per heavy atom. The van der Waals surface area contributed by atoms with E-state index >= 15 is 0 Å². The number of hydrogen-bond donors (Lipinski definition) is 1. The van der Waals surface area contributed by atoms with Gasteiger partial charge in [0.1, 0.15) is 5.69 Å². The van der Waals surface area contributed by atoms with E-state index in [1.54, 1.807) is 11.3 Å². The fourth-order valence-electron chi connectivity index (χ4n) is 3.19. The molecule has 112 valence electrons. The highest BCUT2D eigenvalue weighted by Crippen LogP contribution is 2.34. The number of benzene rings is 1. The zero-order valence-electron chi connectivity index (χ0n) is 12.2. The number of para-hydroxylation sites is 2. The summed E-state index contributed by atoms with van der Waals surface area (Å²) in [6.45, 7) is 1.64. The Morgan fingerprint density at radius 1 is 1.27 bits per heavy atom. The van der Waals surface area contributed by atoms with Gasteiger partial charge in [-0.05, 0) is 43.0 Å². The van der Waals surface area contributed by atoms with Gasteiger partial charge in [-0.25, -0.2) is 4.98 Å². The first kappa shape index (κ1) is 13.7. The lowest BCUT2D eigenvalue weighted by molar-refractivity contribution is 0.248. The van der Waals surface area contributed by atoms with Crippen molar-refractivity contribution in [2.45, 2.75) is 25.4 Å². The third kappa shape index (κ3) is 2.46. The molecule has 1 N–H and O–H groups in total. The first-order chi connectivity index (χ1) is 10.8. The van der Waals surface area contributed by atoms with Crippen LogP contribution in [-0.2, 0) is 6.54 Å². The zero-order valence-corrected chi connectivity index (χ0v) is 13.0. The van der Waals surface area contributed by atoms with Gasteiger partial charge in [-0.1, -0.05) is 18.2 Å². The molecule has 0 spiro atoms. The molecule has 5 heteroatoms. The Labute approximate surface area is 132 Å². The van der Waals surface area contributed by atoms with Crippen molar-refractivity contribution in [3.8, 4) is 0 Å². The summed E-state index contributed by atoms with van der Waals surface area (Å²) in [6.07, 6.45) is 2.33. The van der Waals surface area contributed by atoms with E-state index in [0.717, 1.165) is 24.0 Å². The maximum atomic E-state index is 12.3. The average molecular weight is 311 g/mol. The van der Waals surface area contributed by atoms with Crippen molar-refractivity contribution in [3.63, 3.8) is 0 Å². The lowest BCUT2D eigenvalue weighted by atomic mass is 10.2. The number of rotatable bonds is 3. The molecule has 4 nitrogen and oxygen atoms in total. The number of hydrogen-bond acceptors (Lipinski definition) is 4. The van der Waals surface area contributed by atoms with Crippen molar-refractivity contribution in [1.29, 1.82) is 0 Å². The van der Waals surface area contributed by atoms with Gasteiger partial charge in [0, 0.05) is 17.5 Å². The molecule has 1 aromatic carbocycles. The van der Waals surface area contributed by atoms with Crippen LogP contribution in [0.1, 0.15) is 29.5 Å². The third-order valence-electron chi connectivity index (χ3n) is 4.26. The summed E-state index contributed by atoms with van der Waals surface area (Å²) < 4.78 is 0. The maximum Gasteiger partial charge on any atom is 0.271 e. The zero-order chi connectivity index (χ0) is 14.9. The maximum absolute atomic E-state index is 12.3. The average Bonchev–Trinajstić information content (AvgIpc) is 3.18. The van der Waals surface area contributed by atoms with E-state index in [2.05, 4.69) is 32.4 Å². The summed E-state index contributed by atoms with van der Waals surface area (Å²) in [5.74, 6) is 0. The van der Waals surface area contributed by atoms with E-state index in [1.807, 2.05) is 24.3 Å². The fraction of sp³-hybridized carbons (Fsp3) is 0.294. The highest BCUT2D eigenvalue weighted by atomic mass is 32.1. The lowest BCUT2D eigenvalue weighted by Crippen LogP contribution is -2.27. The van der Waals surface area contributed by atoms with Crippen LogP contribution in [-0.4, -0.2) is 21.4 Å². The van der Waals surface area contributed by atoms with Gasteiger partial charge >= 0.3 is 0 Å². The highest BCUT2D eigenvalue weighted by Gasteiger charge is 2.27. The summed E-state index contributed by atoms with van der Waals surface area (Å²) in [5, 5.41) is 2.12. The number of aromatic nitrogens is 2. The number of fused-ring (bicyclic) bond motifs is 1. The van der Waals surface area contributed by atoms with Gasteiger partial charge in [-0.3, -0.25) is 9.69 Å². The Balaban J connectivity index is 1.65. The predicted molar refractivity (Wildman–Crippen MR) is 89.1 cm³/mol. The van der Waals surface area contributed by atoms with E-state index in [1.165, 1.54) is 11.3 Å². The molecule has 1 aliphatic heterocycles. The number of H-pyrrole nitrogens is 1. The first-order valence-corrected chi connectivity index (χ1v) is 8.44. The van der Waals surface area contributed by atoms with Gasteiger partial charge < -0.3 is 4.98 Å². The van der Waals surface area contributed by atoms with Crippen LogP contribution in [0.5, 0.6) is 0 Å². The van der Waals surface area contributed by atoms with Crippen LogP contribution in [0.25, 0.3) is 11.0 Å². The Bertz CT molecular complexity index is 840. The van der Waals surface area contributed by atoms with Crippen LogP contribution in [0.2, 0.25) is 0 Å². The molecule has 0 unspecified atom stereocenters. The molecule has 1 fully saturated rings. The minimum Gasteiger partial charge on any atom is -0.319 e. The van der Waals surface area contributed by atoms with Gasteiger partial charge in [0.05, 0.1) is 11.0 Å². The molecule has 0 bridgehead atoms. The van der Waals surface area contributed by atoms with Crippen molar-refractivity contribution in [3.05, 3.63) is 62.7 Å². The Hall–Kier alpha value is -1.98. The van der Waals surface area contributed by atoms with Crippen molar-refractivity contribution >= 4 is 22.4 Å². The molecule has 3 heterocycles. The quantitative estimate of drug-likeness (QED) is 0.807. The molecule has 4 rings (SSSR count). The van der Waals surface area contributed by atoms with Crippen molar-refractivity contribution in [1.82, 2.24) is 14.9 Å². The largest absolute Gasteiger partial charge is 0.319 e. The van der Waals surface area contributed by atoms with Crippen LogP contribution < -0.4 is 5.56 Å². The van der Waals surface area contributed by atoms with Crippen LogP contribution in [0, 0.1) is 0 Å². The minimum atomic E-state index is -0.0736. The number of thiophene rings is 1. The standard InChI is InChI=1S/C17H17N3OS/c21-17-14(18-12-5-1-2-6-13(12)19-17)11-20-9-3-7-15(20)16-8-4-10-22-16/h1-2,4-6,8,10,15H,3,7,9,11H2,(H,19,21)/t15-/m0/s1. The number of aromatic amines is 1. The minimum absolute atomic E-state index is 0.0736. The molecule has 22 heavy (non-hydrogen) atoms. The van der Waals surface area contributed by atoms with Crippen molar-refractivity contribution in [2.75, 3.05) is 6.54 Å². The van der Waals surface area contributed by atoms with Crippen LogP contribution in [0.15, 0.2) is 46.6 Å². The van der Waals surface area contributed by atoms with Gasteiger partial charge in [-0.15, -0.1) is 11.3 Å². The highest BCUT2D eigenvalue weighted by molar-refractivity contribution is 7.10. The predicted octanol–water partition coefficient (Wildman–Crippen LogP) is 3.32. The third-order valence-corrected chi connectivity index (χ3v) is 5.23. The molecule has 0 amide bonds. The van der Waals surface area contributed by atoms with Gasteiger partial charge in [-0.2, -0.15) is 0 Å². The Kier molecular flexibility index (Phi) is 3.52. The molecule has 1 saturated heterocycles. The molecule has 3 aromatic rings. The number of nitrogens with zero attached hydrogens (tertiary/aromatic N) is 2. The topological polar surface area (TPSA) is 49.0 Å². The molecular weight excluding hydrogens is 294 g/mol. The monoisotopic (exact) mass is 311 g/mol. The van der Waals surface area contributed by atoms with Crippen LogP contribution >= 0.6 is 11.3 Å². The van der Waals surface area contributed by atoms with Crippen molar-refractivity contribution < 1.29 is 0 Å². The van der Waals surface area contributed by atoms with E-state index in [0.29, 0.717) is 18.3 Å². The molecule has 2 aromatic heterocycles. The summed E-state index contributed by atoms with van der Waals surface area (Å²) in [5.41, 5.74) is 2.19. The molecule has 0 saturated carbocycles. The normalized spacial score (nSPS) is 19.0. The second-order valence-corrected chi connectivity index (χ2v) is 6.65. The lowest BCUT2D eigenvalue weighted by Gasteiger charge is -2.22. The van der Waals surface area contributed by atoms with Gasteiger partial charge in [0.2, 0.25) is 0 Å². The van der Waals surface area contributed by atoms with E-state index in [9.17, 15) is 4.79 Å². The Morgan fingerprint density at radius 3 is 3.05 bits per heavy atom. The molecule has 1 atom stereocenters. The van der Waals surface area contributed by atoms with E-state index < -0.39 is 0 Å². The molecule has 0 aliphatic carbocycles. The molecular formula is C17H17N3OS. The smallest absolute Gasteiger partial charge is 0.271 e. The first-order valence-electron chi connectivity index (χ1n) is 7.56. The molecule has 0 radical (unpaired) electrons. The SMILES string of the molecule is O=c1[nH]c2ccccc2nc1CN1CCC[C@H]1c1cccs1. The second-order valence-electron chi connectivity index (χ2n) is 5.67. The van der Waals surface area contributed by atoms with E-state index in [-0.39, 0.29) is 5.56 Å². The summed E-state index contributed by atoms with van der Waals surface area (Å²) >= 11 is 1.79. The number of likely N-dealkylation sites (tertiary alicyclic amines) is 1. The van der Waals surface area contributed by atoms with E-state index in [4.69, 9.17) is 0 Å². The van der Waals surface area contributed by atoms with Crippen molar-refractivity contribution in [2.24, 2.45) is 0 Å².